The van der Waals surface area contributed by atoms with Crippen LogP contribution in [0.5, 0.6) is 0 Å². The Bertz CT molecular complexity index is 720. The van der Waals surface area contributed by atoms with E-state index in [1.807, 2.05) is 49.1 Å². The molecule has 2 rings (SSSR count). The van der Waals surface area contributed by atoms with E-state index in [0.717, 1.165) is 16.9 Å². The van der Waals surface area contributed by atoms with Gasteiger partial charge in [0.15, 0.2) is 11.6 Å². The lowest BCUT2D eigenvalue weighted by atomic mass is 10.0. The molecule has 0 spiro atoms. The number of aryl methyl sites for hydroxylation is 1. The van der Waals surface area contributed by atoms with Gasteiger partial charge in [0, 0.05) is 23.5 Å². The van der Waals surface area contributed by atoms with Gasteiger partial charge in [-0.05, 0) is 38.0 Å². The molecular formula is C19H24N2O3. The smallest absolute Gasteiger partial charge is 0.198 e. The van der Waals surface area contributed by atoms with E-state index in [1.54, 1.807) is 0 Å². The topological polar surface area (TPSA) is 73.4 Å². The van der Waals surface area contributed by atoms with Crippen LogP contribution in [0.3, 0.4) is 0 Å². The third kappa shape index (κ3) is 3.74. The number of benzene rings is 1. The number of aromatic nitrogens is 1. The van der Waals surface area contributed by atoms with Gasteiger partial charge >= 0.3 is 0 Å². The van der Waals surface area contributed by atoms with Crippen LogP contribution < -0.4 is 4.90 Å². The number of aliphatic hydroxyl groups excluding tert-OH is 1. The summed E-state index contributed by atoms with van der Waals surface area (Å²) in [5, 5.41) is 9.30. The standard InChI is InChI=1S/C19H24N2O3/c1-4-16-18(14(3)23)13(2)20-19(16)17(24)12-21(10-11-22)15-8-6-5-7-9-15/h5-9,20,22H,4,10-12H2,1-3H3. The second kappa shape index (κ2) is 7.93. The number of aromatic amines is 1. The average molecular weight is 328 g/mol. The first-order chi connectivity index (χ1) is 11.5. The molecule has 0 unspecified atom stereocenters. The second-order valence-electron chi connectivity index (χ2n) is 5.79. The molecule has 0 fully saturated rings. The van der Waals surface area contributed by atoms with Crippen molar-refractivity contribution in [2.45, 2.75) is 27.2 Å². The molecule has 0 bridgehead atoms. The predicted molar refractivity (Wildman–Crippen MR) is 95.0 cm³/mol. The highest BCUT2D eigenvalue weighted by Gasteiger charge is 2.23. The van der Waals surface area contributed by atoms with E-state index in [1.165, 1.54) is 6.92 Å². The number of anilines is 1. The van der Waals surface area contributed by atoms with Crippen LogP contribution in [0.15, 0.2) is 30.3 Å². The van der Waals surface area contributed by atoms with E-state index in [9.17, 15) is 14.7 Å². The summed E-state index contributed by atoms with van der Waals surface area (Å²) in [5.74, 6) is -0.116. The minimum absolute atomic E-state index is 0.0325. The molecule has 0 atom stereocenters. The van der Waals surface area contributed by atoms with E-state index in [-0.39, 0.29) is 24.7 Å². The summed E-state index contributed by atoms with van der Waals surface area (Å²) >= 11 is 0. The Morgan fingerprint density at radius 2 is 1.88 bits per heavy atom. The number of hydrogen-bond acceptors (Lipinski definition) is 4. The van der Waals surface area contributed by atoms with Crippen molar-refractivity contribution in [2.75, 3.05) is 24.6 Å². The summed E-state index contributed by atoms with van der Waals surface area (Å²) in [4.78, 5) is 29.6. The molecular weight excluding hydrogens is 304 g/mol. The number of para-hydroxylation sites is 1. The Morgan fingerprint density at radius 1 is 1.21 bits per heavy atom. The molecule has 0 aliphatic rings. The average Bonchev–Trinajstić information content (AvgIpc) is 2.92. The summed E-state index contributed by atoms with van der Waals surface area (Å²) in [6.07, 6.45) is 0.617. The van der Waals surface area contributed by atoms with Crippen molar-refractivity contribution in [3.63, 3.8) is 0 Å². The molecule has 2 N–H and O–H groups in total. The SMILES string of the molecule is CCc1c(C(=O)CN(CCO)c2ccccc2)[nH]c(C)c1C(C)=O. The van der Waals surface area contributed by atoms with E-state index in [4.69, 9.17) is 0 Å². The van der Waals surface area contributed by atoms with Crippen molar-refractivity contribution >= 4 is 17.3 Å². The number of ketones is 2. The van der Waals surface area contributed by atoms with Gasteiger partial charge in [-0.1, -0.05) is 25.1 Å². The maximum atomic E-state index is 12.8. The van der Waals surface area contributed by atoms with Crippen LogP contribution in [0.4, 0.5) is 5.69 Å². The summed E-state index contributed by atoms with van der Waals surface area (Å²) < 4.78 is 0. The van der Waals surface area contributed by atoms with Gasteiger partial charge in [-0.25, -0.2) is 0 Å². The van der Waals surface area contributed by atoms with Crippen molar-refractivity contribution < 1.29 is 14.7 Å². The lowest BCUT2D eigenvalue weighted by Gasteiger charge is -2.23. The Labute approximate surface area is 142 Å². The van der Waals surface area contributed by atoms with Gasteiger partial charge in [0.1, 0.15) is 0 Å². The fourth-order valence-electron chi connectivity index (χ4n) is 3.06. The van der Waals surface area contributed by atoms with E-state index < -0.39 is 0 Å². The Hall–Kier alpha value is -2.40. The largest absolute Gasteiger partial charge is 0.395 e. The first-order valence-corrected chi connectivity index (χ1v) is 8.16. The van der Waals surface area contributed by atoms with Crippen LogP contribution in [-0.4, -0.2) is 41.4 Å². The molecule has 0 aliphatic carbocycles. The number of hydrogen-bond donors (Lipinski definition) is 2. The number of rotatable bonds is 8. The first kappa shape index (κ1) is 17.9. The van der Waals surface area contributed by atoms with Crippen molar-refractivity contribution in [1.29, 1.82) is 0 Å². The number of nitrogens with zero attached hydrogens (tertiary/aromatic N) is 1. The minimum Gasteiger partial charge on any atom is -0.395 e. The molecule has 1 aromatic carbocycles. The lowest BCUT2D eigenvalue weighted by molar-refractivity contribution is 0.0992. The van der Waals surface area contributed by atoms with Crippen LogP contribution >= 0.6 is 0 Å². The third-order valence-electron chi connectivity index (χ3n) is 4.10. The monoisotopic (exact) mass is 328 g/mol. The molecule has 5 nitrogen and oxygen atoms in total. The molecule has 0 saturated carbocycles. The maximum Gasteiger partial charge on any atom is 0.198 e. The van der Waals surface area contributed by atoms with Crippen molar-refractivity contribution in [1.82, 2.24) is 4.98 Å². The molecule has 0 radical (unpaired) electrons. The Morgan fingerprint density at radius 3 is 2.42 bits per heavy atom. The van der Waals surface area contributed by atoms with Crippen LogP contribution in [0.1, 0.15) is 46.0 Å². The summed E-state index contributed by atoms with van der Waals surface area (Å²) in [6.45, 7) is 5.76. The fourth-order valence-corrected chi connectivity index (χ4v) is 3.06. The zero-order valence-corrected chi connectivity index (χ0v) is 14.4. The van der Waals surface area contributed by atoms with Crippen LogP contribution in [-0.2, 0) is 6.42 Å². The van der Waals surface area contributed by atoms with Gasteiger partial charge < -0.3 is 15.0 Å². The predicted octanol–water partition coefficient (Wildman–Crippen LogP) is 2.77. The molecule has 0 aliphatic heterocycles. The number of aliphatic hydroxyl groups is 1. The van der Waals surface area contributed by atoms with Gasteiger partial charge in [0.2, 0.25) is 0 Å². The molecule has 1 aromatic heterocycles. The highest BCUT2D eigenvalue weighted by Crippen LogP contribution is 2.22. The normalized spacial score (nSPS) is 10.7. The lowest BCUT2D eigenvalue weighted by Crippen LogP contribution is -2.33. The minimum atomic E-state index is -0.0836. The number of carbonyl (C=O) groups is 2. The zero-order valence-electron chi connectivity index (χ0n) is 14.4. The van der Waals surface area contributed by atoms with Gasteiger partial charge in [-0.3, -0.25) is 9.59 Å². The summed E-state index contributed by atoms with van der Waals surface area (Å²) in [7, 11) is 0. The highest BCUT2D eigenvalue weighted by molar-refractivity contribution is 6.04. The summed E-state index contributed by atoms with van der Waals surface area (Å²) in [5.41, 5.74) is 3.51. The van der Waals surface area contributed by atoms with E-state index >= 15 is 0 Å². The van der Waals surface area contributed by atoms with Gasteiger partial charge in [0.25, 0.3) is 0 Å². The number of H-pyrrole nitrogens is 1. The maximum absolute atomic E-state index is 12.8. The van der Waals surface area contributed by atoms with Crippen LogP contribution in [0, 0.1) is 6.92 Å². The number of Topliss-reactive ketones (excluding diaryl/α,β-unsaturated/α-hetero) is 2. The van der Waals surface area contributed by atoms with Crippen molar-refractivity contribution in [3.05, 3.63) is 52.8 Å². The van der Waals surface area contributed by atoms with Crippen molar-refractivity contribution in [2.24, 2.45) is 0 Å². The van der Waals surface area contributed by atoms with E-state index in [0.29, 0.717) is 24.2 Å². The van der Waals surface area contributed by atoms with Gasteiger partial charge in [-0.15, -0.1) is 0 Å². The fraction of sp³-hybridized carbons (Fsp3) is 0.368. The molecule has 0 amide bonds. The third-order valence-corrected chi connectivity index (χ3v) is 4.10. The second-order valence-corrected chi connectivity index (χ2v) is 5.79. The quantitative estimate of drug-likeness (QED) is 0.731. The molecule has 5 heteroatoms. The summed E-state index contributed by atoms with van der Waals surface area (Å²) in [6, 6.07) is 9.52. The van der Waals surface area contributed by atoms with E-state index in [2.05, 4.69) is 4.98 Å². The van der Waals surface area contributed by atoms with Crippen molar-refractivity contribution in [3.8, 4) is 0 Å². The van der Waals surface area contributed by atoms with Gasteiger partial charge in [-0.2, -0.15) is 0 Å². The number of nitrogens with one attached hydrogen (secondary N) is 1. The molecule has 24 heavy (non-hydrogen) atoms. The van der Waals surface area contributed by atoms with Crippen LogP contribution in [0.25, 0.3) is 0 Å². The first-order valence-electron chi connectivity index (χ1n) is 8.16. The molecule has 0 saturated heterocycles. The van der Waals surface area contributed by atoms with Gasteiger partial charge in [0.05, 0.1) is 18.8 Å². The number of carbonyl (C=O) groups excluding carboxylic acids is 2. The zero-order chi connectivity index (χ0) is 17.7. The van der Waals surface area contributed by atoms with Crippen LogP contribution in [0.2, 0.25) is 0 Å². The Kier molecular flexibility index (Phi) is 5.93. The molecule has 1 heterocycles. The molecule has 128 valence electrons. The molecule has 2 aromatic rings. The Balaban J connectivity index is 2.31. The highest BCUT2D eigenvalue weighted by atomic mass is 16.3.